The first-order valence-corrected chi connectivity index (χ1v) is 4.68. The average Bonchev–Trinajstić information content (AvgIpc) is 2.17. The number of hydrogen-bond acceptors (Lipinski definition) is 3. The maximum Gasteiger partial charge on any atom is 0.0736 e. The molecule has 0 saturated heterocycles. The third-order valence-electron chi connectivity index (χ3n) is 2.54. The minimum absolute atomic E-state index is 0.203. The van der Waals surface area contributed by atoms with Gasteiger partial charge >= 0.3 is 0 Å². The number of aromatic nitrogens is 1. The van der Waals surface area contributed by atoms with Crippen LogP contribution in [0.3, 0.4) is 0 Å². The van der Waals surface area contributed by atoms with Crippen LogP contribution in [-0.4, -0.2) is 11.0 Å². The van der Waals surface area contributed by atoms with E-state index >= 15 is 0 Å². The van der Waals surface area contributed by atoms with Crippen LogP contribution >= 0.6 is 0 Å². The van der Waals surface area contributed by atoms with Crippen molar-refractivity contribution in [2.24, 2.45) is 0 Å². The van der Waals surface area contributed by atoms with E-state index in [1.807, 2.05) is 24.3 Å². The number of pyridine rings is 1. The van der Waals surface area contributed by atoms with Crippen molar-refractivity contribution in [3.05, 3.63) is 41.1 Å². The second-order valence-corrected chi connectivity index (χ2v) is 3.50. The largest absolute Gasteiger partial charge is 0.545 e. The van der Waals surface area contributed by atoms with Crippen molar-refractivity contribution in [3.63, 3.8) is 0 Å². The zero-order valence-electron chi connectivity index (χ0n) is 8.57. The molecule has 0 aliphatic rings. The Labute approximate surface area is 87.4 Å². The van der Waals surface area contributed by atoms with E-state index in [1.165, 1.54) is 0 Å². The van der Waals surface area contributed by atoms with Gasteiger partial charge in [-0.3, -0.25) is 4.98 Å². The Morgan fingerprint density at radius 1 is 1.27 bits per heavy atom. The number of aryl methyl sites for hydroxylation is 2. The topological polar surface area (TPSA) is 53.0 Å². The Morgan fingerprint density at radius 3 is 2.60 bits per heavy atom. The van der Waals surface area contributed by atoms with Gasteiger partial charge in [0.2, 0.25) is 0 Å². The minimum atomic E-state index is -1.16. The number of rotatable bonds is 1. The lowest BCUT2D eigenvalue weighted by molar-refractivity contribution is -0.255. The van der Waals surface area contributed by atoms with Crippen LogP contribution < -0.4 is 5.11 Å². The molecule has 2 aromatic rings. The first kappa shape index (κ1) is 9.65. The maximum absolute atomic E-state index is 10.9. The number of benzene rings is 1. The summed E-state index contributed by atoms with van der Waals surface area (Å²) in [6.45, 7) is 3.46. The molecular formula is C12H10NO2-. The molecule has 0 radical (unpaired) electrons. The molecular weight excluding hydrogens is 190 g/mol. The van der Waals surface area contributed by atoms with Crippen LogP contribution in [0, 0.1) is 13.8 Å². The van der Waals surface area contributed by atoms with Gasteiger partial charge in [-0.05, 0) is 25.5 Å². The normalized spacial score (nSPS) is 10.5. The fourth-order valence-electron chi connectivity index (χ4n) is 1.83. The highest BCUT2D eigenvalue weighted by Crippen LogP contribution is 2.21. The van der Waals surface area contributed by atoms with Crippen LogP contribution in [-0.2, 0) is 0 Å². The molecule has 0 unspecified atom stereocenters. The number of carboxylic acids is 1. The number of nitrogens with zero attached hydrogens (tertiary/aromatic N) is 1. The Kier molecular flexibility index (Phi) is 2.15. The summed E-state index contributed by atoms with van der Waals surface area (Å²) in [6.07, 6.45) is 0. The van der Waals surface area contributed by atoms with Gasteiger partial charge in [-0.15, -0.1) is 0 Å². The van der Waals surface area contributed by atoms with Crippen LogP contribution in [0.4, 0.5) is 0 Å². The lowest BCUT2D eigenvalue weighted by atomic mass is 10.0. The Bertz CT molecular complexity index is 547. The lowest BCUT2D eigenvalue weighted by Crippen LogP contribution is -2.25. The van der Waals surface area contributed by atoms with E-state index in [0.717, 1.165) is 16.5 Å². The van der Waals surface area contributed by atoms with Crippen molar-refractivity contribution in [2.75, 3.05) is 0 Å². The van der Waals surface area contributed by atoms with Crippen molar-refractivity contribution in [2.45, 2.75) is 13.8 Å². The number of para-hydroxylation sites is 1. The van der Waals surface area contributed by atoms with E-state index in [0.29, 0.717) is 5.69 Å². The third-order valence-corrected chi connectivity index (χ3v) is 2.54. The van der Waals surface area contributed by atoms with E-state index in [2.05, 4.69) is 4.98 Å². The number of carbonyl (C=O) groups excluding carboxylic acids is 1. The van der Waals surface area contributed by atoms with Gasteiger partial charge in [0.25, 0.3) is 0 Å². The third kappa shape index (κ3) is 1.46. The molecule has 0 aliphatic heterocycles. The standard InChI is InChI=1S/C12H11NO2/c1-7-9-5-3-4-6-10(9)13-8(2)11(7)12(14)15/h3-6H,1-2H3,(H,14,15)/p-1. The highest BCUT2D eigenvalue weighted by atomic mass is 16.4. The highest BCUT2D eigenvalue weighted by Gasteiger charge is 2.08. The summed E-state index contributed by atoms with van der Waals surface area (Å²) in [7, 11) is 0. The maximum atomic E-state index is 10.9. The van der Waals surface area contributed by atoms with Crippen LogP contribution in [0.1, 0.15) is 21.6 Å². The zero-order valence-corrected chi connectivity index (χ0v) is 8.57. The molecule has 76 valence electrons. The molecule has 0 N–H and O–H groups in total. The smallest absolute Gasteiger partial charge is 0.0736 e. The summed E-state index contributed by atoms with van der Waals surface area (Å²) in [4.78, 5) is 15.2. The van der Waals surface area contributed by atoms with Crippen molar-refractivity contribution in [3.8, 4) is 0 Å². The molecule has 2 rings (SSSR count). The number of hydrogen-bond donors (Lipinski definition) is 0. The number of fused-ring (bicyclic) bond motifs is 1. The number of aromatic carboxylic acids is 1. The summed E-state index contributed by atoms with van der Waals surface area (Å²) < 4.78 is 0. The molecule has 3 nitrogen and oxygen atoms in total. The summed E-state index contributed by atoms with van der Waals surface area (Å²) in [5.41, 5.74) is 2.25. The predicted octanol–water partition coefficient (Wildman–Crippen LogP) is 1.22. The lowest BCUT2D eigenvalue weighted by Gasteiger charge is -2.12. The monoisotopic (exact) mass is 200 g/mol. The van der Waals surface area contributed by atoms with Crippen molar-refractivity contribution in [1.82, 2.24) is 4.98 Å². The average molecular weight is 200 g/mol. The van der Waals surface area contributed by atoms with Gasteiger partial charge in [0.1, 0.15) is 0 Å². The molecule has 1 aromatic heterocycles. The summed E-state index contributed by atoms with van der Waals surface area (Å²) in [6, 6.07) is 7.48. The van der Waals surface area contributed by atoms with Crippen LogP contribution in [0.5, 0.6) is 0 Å². The van der Waals surface area contributed by atoms with Gasteiger partial charge in [-0.1, -0.05) is 18.2 Å². The fourth-order valence-corrected chi connectivity index (χ4v) is 1.83. The molecule has 1 heterocycles. The predicted molar refractivity (Wildman–Crippen MR) is 55.5 cm³/mol. The molecule has 0 aliphatic carbocycles. The van der Waals surface area contributed by atoms with Gasteiger partial charge in [0.15, 0.2) is 0 Å². The molecule has 0 saturated carbocycles. The van der Waals surface area contributed by atoms with Crippen LogP contribution in [0.25, 0.3) is 10.9 Å². The SMILES string of the molecule is Cc1nc2ccccc2c(C)c1C(=O)[O-]. The van der Waals surface area contributed by atoms with Gasteiger partial charge in [-0.2, -0.15) is 0 Å². The first-order chi connectivity index (χ1) is 7.11. The van der Waals surface area contributed by atoms with Crippen molar-refractivity contribution >= 4 is 16.9 Å². The first-order valence-electron chi connectivity index (χ1n) is 4.68. The van der Waals surface area contributed by atoms with E-state index in [1.54, 1.807) is 13.8 Å². The Hall–Kier alpha value is -1.90. The molecule has 1 aromatic carbocycles. The van der Waals surface area contributed by atoms with Crippen LogP contribution in [0.2, 0.25) is 0 Å². The van der Waals surface area contributed by atoms with Crippen molar-refractivity contribution < 1.29 is 9.90 Å². The van der Waals surface area contributed by atoms with Gasteiger partial charge in [0.05, 0.1) is 11.5 Å². The Morgan fingerprint density at radius 2 is 1.93 bits per heavy atom. The summed E-state index contributed by atoms with van der Waals surface area (Å²) in [5.74, 6) is -1.16. The molecule has 3 heteroatoms. The highest BCUT2D eigenvalue weighted by molar-refractivity contribution is 5.96. The van der Waals surface area contributed by atoms with E-state index in [-0.39, 0.29) is 5.56 Å². The second kappa shape index (κ2) is 3.35. The number of carboxylic acid groups (broad SMARTS) is 1. The zero-order chi connectivity index (χ0) is 11.0. The van der Waals surface area contributed by atoms with E-state index < -0.39 is 5.97 Å². The quantitative estimate of drug-likeness (QED) is 0.695. The molecule has 0 spiro atoms. The van der Waals surface area contributed by atoms with Gasteiger partial charge < -0.3 is 9.90 Å². The van der Waals surface area contributed by atoms with Gasteiger partial charge in [0, 0.05) is 16.6 Å². The van der Waals surface area contributed by atoms with E-state index in [4.69, 9.17) is 0 Å². The molecule has 0 fully saturated rings. The summed E-state index contributed by atoms with van der Waals surface area (Å²) in [5, 5.41) is 11.8. The second-order valence-electron chi connectivity index (χ2n) is 3.50. The molecule has 15 heavy (non-hydrogen) atoms. The van der Waals surface area contributed by atoms with E-state index in [9.17, 15) is 9.90 Å². The number of carbonyl (C=O) groups is 1. The van der Waals surface area contributed by atoms with Crippen molar-refractivity contribution in [1.29, 1.82) is 0 Å². The molecule has 0 atom stereocenters. The summed E-state index contributed by atoms with van der Waals surface area (Å²) >= 11 is 0. The molecule has 0 amide bonds. The Balaban J connectivity index is 2.90. The van der Waals surface area contributed by atoms with Gasteiger partial charge in [-0.25, -0.2) is 0 Å². The van der Waals surface area contributed by atoms with Crippen LogP contribution in [0.15, 0.2) is 24.3 Å². The minimum Gasteiger partial charge on any atom is -0.545 e. The fraction of sp³-hybridized carbons (Fsp3) is 0.167. The molecule has 0 bridgehead atoms.